The normalized spacial score (nSPS) is 10.8. The van der Waals surface area contributed by atoms with Crippen LogP contribution in [-0.2, 0) is 6.42 Å². The smallest absolute Gasteiger partial charge is 0.279 e. The summed E-state index contributed by atoms with van der Waals surface area (Å²) in [6, 6.07) is 4.94. The highest BCUT2D eigenvalue weighted by Gasteiger charge is 2.14. The molecular formula is C14H17Cl2N5O. The van der Waals surface area contributed by atoms with Crippen molar-refractivity contribution in [2.75, 3.05) is 11.6 Å². The van der Waals surface area contributed by atoms with Crippen LogP contribution >= 0.6 is 23.2 Å². The number of hydrogen-bond donors (Lipinski definition) is 1. The van der Waals surface area contributed by atoms with Gasteiger partial charge in [0.05, 0.1) is 15.7 Å². The molecule has 0 atom stereocenters. The van der Waals surface area contributed by atoms with E-state index in [2.05, 4.69) is 9.97 Å². The molecule has 0 aliphatic heterocycles. The molecule has 0 fully saturated rings. The lowest BCUT2D eigenvalue weighted by atomic mass is 10.3. The molecule has 0 aliphatic carbocycles. The summed E-state index contributed by atoms with van der Waals surface area (Å²) in [4.78, 5) is 20.7. The molecule has 22 heavy (non-hydrogen) atoms. The van der Waals surface area contributed by atoms with Crippen LogP contribution in [0.1, 0.15) is 26.1 Å². The summed E-state index contributed by atoms with van der Waals surface area (Å²) in [7, 11) is 0. The predicted octanol–water partition coefficient (Wildman–Crippen LogP) is 2.59. The van der Waals surface area contributed by atoms with E-state index in [1.165, 1.54) is 9.58 Å². The summed E-state index contributed by atoms with van der Waals surface area (Å²) < 4.78 is 1.41. The maximum absolute atomic E-state index is 12.4. The van der Waals surface area contributed by atoms with Crippen molar-refractivity contribution >= 4 is 29.2 Å². The van der Waals surface area contributed by atoms with E-state index < -0.39 is 5.69 Å². The van der Waals surface area contributed by atoms with Crippen molar-refractivity contribution in [3.63, 3.8) is 0 Å². The molecule has 0 saturated carbocycles. The fourth-order valence-corrected chi connectivity index (χ4v) is 2.32. The van der Waals surface area contributed by atoms with Gasteiger partial charge in [-0.25, -0.2) is 15.2 Å². The second-order valence-electron chi connectivity index (χ2n) is 4.70. The Labute approximate surface area is 138 Å². The van der Waals surface area contributed by atoms with Gasteiger partial charge in [0.15, 0.2) is 0 Å². The highest BCUT2D eigenvalue weighted by atomic mass is 35.5. The molecule has 0 radical (unpaired) electrons. The SMILES string of the molecule is CCCN(N)c1nc(CC)n(-c2ccc(Cl)c(Cl)c2)c(=O)n1. The van der Waals surface area contributed by atoms with Crippen molar-refractivity contribution in [2.24, 2.45) is 5.84 Å². The number of nitrogens with two attached hydrogens (primary N) is 1. The van der Waals surface area contributed by atoms with Crippen LogP contribution in [0.3, 0.4) is 0 Å². The maximum Gasteiger partial charge on any atom is 0.356 e. The molecule has 0 aliphatic rings. The largest absolute Gasteiger partial charge is 0.356 e. The zero-order valence-electron chi connectivity index (χ0n) is 12.4. The average molecular weight is 342 g/mol. The first-order valence-corrected chi connectivity index (χ1v) is 7.71. The Hall–Kier alpha value is -1.63. The Bertz CT molecular complexity index is 732. The highest BCUT2D eigenvalue weighted by Crippen LogP contribution is 2.24. The van der Waals surface area contributed by atoms with E-state index in [1.54, 1.807) is 18.2 Å². The van der Waals surface area contributed by atoms with Crippen LogP contribution in [0.2, 0.25) is 10.0 Å². The molecule has 0 spiro atoms. The van der Waals surface area contributed by atoms with Gasteiger partial charge in [-0.2, -0.15) is 9.97 Å². The Morgan fingerprint density at radius 2 is 1.95 bits per heavy atom. The summed E-state index contributed by atoms with van der Waals surface area (Å²) in [6.07, 6.45) is 1.38. The zero-order valence-corrected chi connectivity index (χ0v) is 13.9. The van der Waals surface area contributed by atoms with E-state index in [1.807, 2.05) is 13.8 Å². The Morgan fingerprint density at radius 1 is 1.23 bits per heavy atom. The molecule has 1 aromatic heterocycles. The molecule has 0 bridgehead atoms. The van der Waals surface area contributed by atoms with E-state index in [4.69, 9.17) is 29.0 Å². The molecule has 1 aromatic carbocycles. The van der Waals surface area contributed by atoms with E-state index in [0.717, 1.165) is 6.42 Å². The second-order valence-corrected chi connectivity index (χ2v) is 5.52. The van der Waals surface area contributed by atoms with Gasteiger partial charge < -0.3 is 0 Å². The van der Waals surface area contributed by atoms with Crippen LogP contribution in [0, 0.1) is 0 Å². The third-order valence-corrected chi connectivity index (χ3v) is 3.81. The number of aromatic nitrogens is 3. The predicted molar refractivity (Wildman–Crippen MR) is 88.9 cm³/mol. The van der Waals surface area contributed by atoms with Crippen molar-refractivity contribution in [3.8, 4) is 5.69 Å². The van der Waals surface area contributed by atoms with Gasteiger partial charge in [0.25, 0.3) is 0 Å². The van der Waals surface area contributed by atoms with Crippen LogP contribution in [0.4, 0.5) is 5.95 Å². The van der Waals surface area contributed by atoms with Crippen molar-refractivity contribution in [2.45, 2.75) is 26.7 Å². The molecule has 2 aromatic rings. The number of nitrogens with zero attached hydrogens (tertiary/aromatic N) is 4. The van der Waals surface area contributed by atoms with E-state index in [-0.39, 0.29) is 5.95 Å². The first-order valence-electron chi connectivity index (χ1n) is 6.95. The first kappa shape index (κ1) is 16.7. The lowest BCUT2D eigenvalue weighted by molar-refractivity contribution is 0.713. The monoisotopic (exact) mass is 341 g/mol. The van der Waals surface area contributed by atoms with E-state index in [0.29, 0.717) is 34.5 Å². The molecule has 0 unspecified atom stereocenters. The molecule has 8 heteroatoms. The minimum atomic E-state index is -0.452. The van der Waals surface area contributed by atoms with Crippen LogP contribution in [0.5, 0.6) is 0 Å². The van der Waals surface area contributed by atoms with Crippen LogP contribution in [-0.4, -0.2) is 21.1 Å². The maximum atomic E-state index is 12.4. The first-order chi connectivity index (χ1) is 10.5. The summed E-state index contributed by atoms with van der Waals surface area (Å²) in [5, 5.41) is 2.16. The van der Waals surface area contributed by atoms with Crippen LogP contribution in [0.25, 0.3) is 5.69 Å². The van der Waals surface area contributed by atoms with E-state index >= 15 is 0 Å². The topological polar surface area (TPSA) is 77.0 Å². The van der Waals surface area contributed by atoms with Gasteiger partial charge >= 0.3 is 5.69 Å². The standard InChI is InChI=1S/C14H17Cl2N5O/c1-3-7-20(17)13-18-12(4-2)21(14(22)19-13)9-5-6-10(15)11(16)8-9/h5-6,8H,3-4,7,17H2,1-2H3. The lowest BCUT2D eigenvalue weighted by Crippen LogP contribution is -2.37. The quantitative estimate of drug-likeness (QED) is 0.668. The summed E-state index contributed by atoms with van der Waals surface area (Å²) >= 11 is 11.9. The number of aryl methyl sites for hydroxylation is 1. The summed E-state index contributed by atoms with van der Waals surface area (Å²) in [5.74, 6) is 6.63. The van der Waals surface area contributed by atoms with Gasteiger partial charge in [-0.15, -0.1) is 0 Å². The fourth-order valence-electron chi connectivity index (χ4n) is 2.03. The summed E-state index contributed by atoms with van der Waals surface area (Å²) in [5.41, 5.74) is 0.119. The third kappa shape index (κ3) is 3.40. The second kappa shape index (κ2) is 7.09. The van der Waals surface area contributed by atoms with Crippen molar-refractivity contribution in [1.29, 1.82) is 0 Å². The summed E-state index contributed by atoms with van der Waals surface area (Å²) in [6.45, 7) is 4.46. The van der Waals surface area contributed by atoms with Gasteiger partial charge in [0, 0.05) is 13.0 Å². The van der Waals surface area contributed by atoms with Gasteiger partial charge in [-0.1, -0.05) is 37.0 Å². The number of hydrazine groups is 1. The highest BCUT2D eigenvalue weighted by molar-refractivity contribution is 6.42. The van der Waals surface area contributed by atoms with Gasteiger partial charge in [-0.05, 0) is 24.6 Å². The molecule has 118 valence electrons. The number of rotatable bonds is 5. The van der Waals surface area contributed by atoms with Crippen LogP contribution < -0.4 is 16.5 Å². The van der Waals surface area contributed by atoms with E-state index in [9.17, 15) is 4.79 Å². The number of benzene rings is 1. The fraction of sp³-hybridized carbons (Fsp3) is 0.357. The molecule has 2 rings (SSSR count). The molecule has 0 saturated heterocycles. The third-order valence-electron chi connectivity index (χ3n) is 3.07. The van der Waals surface area contributed by atoms with Gasteiger partial charge in [0.2, 0.25) is 5.95 Å². The Morgan fingerprint density at radius 3 is 2.55 bits per heavy atom. The number of anilines is 1. The molecule has 2 N–H and O–H groups in total. The van der Waals surface area contributed by atoms with Crippen molar-refractivity contribution in [1.82, 2.24) is 14.5 Å². The lowest BCUT2D eigenvalue weighted by Gasteiger charge is -2.18. The molecule has 0 amide bonds. The van der Waals surface area contributed by atoms with Gasteiger partial charge in [-0.3, -0.25) is 5.01 Å². The van der Waals surface area contributed by atoms with Gasteiger partial charge in [0.1, 0.15) is 5.82 Å². The minimum Gasteiger partial charge on any atom is -0.279 e. The Kier molecular flexibility index (Phi) is 5.39. The molecular weight excluding hydrogens is 325 g/mol. The minimum absolute atomic E-state index is 0.222. The van der Waals surface area contributed by atoms with Crippen molar-refractivity contribution < 1.29 is 0 Å². The Balaban J connectivity index is 2.56. The van der Waals surface area contributed by atoms with Crippen molar-refractivity contribution in [3.05, 3.63) is 44.6 Å². The average Bonchev–Trinajstić information content (AvgIpc) is 2.49. The van der Waals surface area contributed by atoms with Crippen LogP contribution in [0.15, 0.2) is 23.0 Å². The molecule has 1 heterocycles. The number of hydrogen-bond acceptors (Lipinski definition) is 5. The molecule has 6 nitrogen and oxygen atoms in total. The number of halogens is 2. The zero-order chi connectivity index (χ0) is 16.3.